The Balaban J connectivity index is 1.45. The molecule has 7 aromatic rings. The zero-order valence-electron chi connectivity index (χ0n) is 24.3. The molecular weight excluding hydrogens is 484 g/mol. The molecule has 0 aliphatic rings. The molecule has 2 nitrogen and oxygen atoms in total. The molecule has 0 amide bonds. The molecule has 2 heteroatoms. The molecule has 0 aliphatic carbocycles. The van der Waals surface area contributed by atoms with Gasteiger partial charge in [0.15, 0.2) is 0 Å². The Kier molecular flexibility index (Phi) is 5.31. The highest BCUT2D eigenvalue weighted by molar-refractivity contribution is 6.12. The van der Waals surface area contributed by atoms with Crippen LogP contribution in [0.2, 0.25) is 0 Å². The van der Waals surface area contributed by atoms with Crippen molar-refractivity contribution in [2.75, 3.05) is 0 Å². The minimum atomic E-state index is -0.00867. The average molecular weight is 521 g/mol. The van der Waals surface area contributed by atoms with Crippen LogP contribution in [-0.4, -0.2) is 9.13 Å². The van der Waals surface area contributed by atoms with Gasteiger partial charge in [0.25, 0.3) is 0 Å². The first-order valence-electron chi connectivity index (χ1n) is 14.3. The molecule has 5 aromatic carbocycles. The first-order valence-corrected chi connectivity index (χ1v) is 14.3. The van der Waals surface area contributed by atoms with Gasteiger partial charge in [-0.2, -0.15) is 0 Å². The molecule has 198 valence electrons. The zero-order chi connectivity index (χ0) is 27.8. The third kappa shape index (κ3) is 3.78. The Hall–Kier alpha value is -4.30. The summed E-state index contributed by atoms with van der Waals surface area (Å²) in [6.07, 6.45) is 0. The summed E-state index contributed by atoms with van der Waals surface area (Å²) < 4.78 is 4.90. The fourth-order valence-electron chi connectivity index (χ4n) is 6.41. The predicted molar refractivity (Wildman–Crippen MR) is 173 cm³/mol. The van der Waals surface area contributed by atoms with Gasteiger partial charge < -0.3 is 9.13 Å². The van der Waals surface area contributed by atoms with Crippen molar-refractivity contribution in [3.8, 4) is 16.8 Å². The van der Waals surface area contributed by atoms with Gasteiger partial charge in [-0.15, -0.1) is 0 Å². The Labute approximate surface area is 236 Å². The van der Waals surface area contributed by atoms with Crippen LogP contribution < -0.4 is 0 Å². The second-order valence-electron chi connectivity index (χ2n) is 13.1. The normalized spacial score (nSPS) is 12.8. The van der Waals surface area contributed by atoms with Crippen molar-refractivity contribution >= 4 is 43.6 Å². The van der Waals surface area contributed by atoms with E-state index < -0.39 is 0 Å². The van der Waals surface area contributed by atoms with Crippen LogP contribution >= 0.6 is 0 Å². The largest absolute Gasteiger partial charge is 0.335 e. The number of aromatic nitrogens is 2. The maximum absolute atomic E-state index is 2.48. The summed E-state index contributed by atoms with van der Waals surface area (Å²) >= 11 is 0. The predicted octanol–water partition coefficient (Wildman–Crippen LogP) is 10.6. The maximum Gasteiger partial charge on any atom is 0.0547 e. The lowest BCUT2D eigenvalue weighted by Crippen LogP contribution is -2.21. The lowest BCUT2D eigenvalue weighted by Gasteiger charge is -2.24. The quantitative estimate of drug-likeness (QED) is 0.214. The van der Waals surface area contributed by atoms with E-state index in [-0.39, 0.29) is 11.0 Å². The molecule has 0 unspecified atom stereocenters. The van der Waals surface area contributed by atoms with Crippen molar-refractivity contribution in [3.05, 3.63) is 115 Å². The van der Waals surface area contributed by atoms with Crippen molar-refractivity contribution in [3.63, 3.8) is 0 Å². The van der Waals surface area contributed by atoms with Crippen LogP contribution in [0.15, 0.2) is 109 Å². The summed E-state index contributed by atoms with van der Waals surface area (Å²) in [4.78, 5) is 0. The van der Waals surface area contributed by atoms with E-state index in [1.165, 1.54) is 66.0 Å². The van der Waals surface area contributed by atoms with Crippen LogP contribution in [0, 0.1) is 0 Å². The van der Waals surface area contributed by atoms with Gasteiger partial charge in [-0.05, 0) is 85.3 Å². The molecule has 0 bridgehead atoms. The molecule has 0 spiro atoms. The smallest absolute Gasteiger partial charge is 0.0547 e. The topological polar surface area (TPSA) is 9.86 Å². The van der Waals surface area contributed by atoms with Crippen LogP contribution in [0.1, 0.15) is 47.1 Å². The van der Waals surface area contributed by atoms with Crippen molar-refractivity contribution < 1.29 is 0 Å². The second kappa shape index (κ2) is 8.60. The number of para-hydroxylation sites is 2. The van der Waals surface area contributed by atoms with Crippen LogP contribution in [0.5, 0.6) is 0 Å². The highest BCUT2D eigenvalue weighted by Crippen LogP contribution is 2.39. The van der Waals surface area contributed by atoms with E-state index in [9.17, 15) is 0 Å². The highest BCUT2D eigenvalue weighted by Gasteiger charge is 2.21. The van der Waals surface area contributed by atoms with Gasteiger partial charge in [0, 0.05) is 43.8 Å². The van der Waals surface area contributed by atoms with E-state index >= 15 is 0 Å². The Bertz CT molecular complexity index is 2050. The minimum Gasteiger partial charge on any atom is -0.335 e. The number of benzene rings is 5. The van der Waals surface area contributed by atoms with Gasteiger partial charge in [0.1, 0.15) is 0 Å². The van der Waals surface area contributed by atoms with Gasteiger partial charge in [0.2, 0.25) is 0 Å². The summed E-state index contributed by atoms with van der Waals surface area (Å²) in [5, 5.41) is 5.18. The second-order valence-corrected chi connectivity index (χ2v) is 13.1. The van der Waals surface area contributed by atoms with Crippen molar-refractivity contribution in [2.24, 2.45) is 0 Å². The van der Waals surface area contributed by atoms with E-state index in [1.807, 2.05) is 0 Å². The lowest BCUT2D eigenvalue weighted by atomic mass is 9.87. The molecular formula is C38H36N2. The summed E-state index contributed by atoms with van der Waals surface area (Å²) in [5.41, 5.74) is 10.2. The van der Waals surface area contributed by atoms with Crippen LogP contribution in [0.3, 0.4) is 0 Å². The van der Waals surface area contributed by atoms with Crippen molar-refractivity contribution in [2.45, 2.75) is 52.5 Å². The minimum absolute atomic E-state index is 0.00867. The SMILES string of the molecule is CC(C)(C)c1ccc(-n2c3ccccc3c3ccc(-c4ccc5c(c4)c4ccccc4n5C(C)(C)C)cc32)cc1. The summed E-state index contributed by atoms with van der Waals surface area (Å²) in [7, 11) is 0. The molecule has 2 aromatic heterocycles. The zero-order valence-corrected chi connectivity index (χ0v) is 24.3. The van der Waals surface area contributed by atoms with Crippen LogP contribution in [0.4, 0.5) is 0 Å². The number of fused-ring (bicyclic) bond motifs is 6. The molecule has 0 radical (unpaired) electrons. The lowest BCUT2D eigenvalue weighted by molar-refractivity contribution is 0.423. The highest BCUT2D eigenvalue weighted by atomic mass is 15.0. The van der Waals surface area contributed by atoms with Gasteiger partial charge >= 0.3 is 0 Å². The monoisotopic (exact) mass is 520 g/mol. The molecule has 7 rings (SSSR count). The molecule has 0 aliphatic heterocycles. The molecule has 0 atom stereocenters. The fraction of sp³-hybridized carbons (Fsp3) is 0.211. The number of nitrogens with zero attached hydrogens (tertiary/aromatic N) is 2. The van der Waals surface area contributed by atoms with Crippen LogP contribution in [0.25, 0.3) is 60.4 Å². The third-order valence-electron chi connectivity index (χ3n) is 8.34. The van der Waals surface area contributed by atoms with Crippen molar-refractivity contribution in [1.82, 2.24) is 9.13 Å². The maximum atomic E-state index is 2.48. The molecule has 40 heavy (non-hydrogen) atoms. The van der Waals surface area contributed by atoms with Gasteiger partial charge in [-0.3, -0.25) is 0 Å². The van der Waals surface area contributed by atoms with E-state index in [0.717, 1.165) is 0 Å². The average Bonchev–Trinajstić information content (AvgIpc) is 3.45. The molecule has 0 N–H and O–H groups in total. The standard InChI is InChI=1S/C38H36N2/c1-37(2,3)27-17-19-28(20-18-27)39-33-13-9-7-11-29(33)31-21-15-26(24-36(31)39)25-16-22-35-32(23-25)30-12-8-10-14-34(30)40(35)38(4,5)6/h7-24H,1-6H3. The van der Waals surface area contributed by atoms with Gasteiger partial charge in [-0.25, -0.2) is 0 Å². The van der Waals surface area contributed by atoms with Crippen LogP contribution in [-0.2, 0) is 11.0 Å². The van der Waals surface area contributed by atoms with E-state index in [2.05, 4.69) is 160 Å². The molecule has 0 fully saturated rings. The summed E-state index contributed by atoms with van der Waals surface area (Å²) in [6, 6.07) is 40.6. The number of hydrogen-bond acceptors (Lipinski definition) is 0. The van der Waals surface area contributed by atoms with E-state index in [4.69, 9.17) is 0 Å². The van der Waals surface area contributed by atoms with Gasteiger partial charge in [0.05, 0.1) is 11.0 Å². The first-order chi connectivity index (χ1) is 19.1. The van der Waals surface area contributed by atoms with Crippen molar-refractivity contribution in [1.29, 1.82) is 0 Å². The Morgan fingerprint density at radius 1 is 0.450 bits per heavy atom. The van der Waals surface area contributed by atoms with E-state index in [0.29, 0.717) is 0 Å². The Morgan fingerprint density at radius 3 is 1.68 bits per heavy atom. The number of rotatable bonds is 2. The Morgan fingerprint density at radius 2 is 1.00 bits per heavy atom. The number of hydrogen-bond donors (Lipinski definition) is 0. The summed E-state index contributed by atoms with van der Waals surface area (Å²) in [5.74, 6) is 0. The first kappa shape index (κ1) is 24.7. The molecule has 0 saturated carbocycles. The third-order valence-corrected chi connectivity index (χ3v) is 8.34. The fourth-order valence-corrected chi connectivity index (χ4v) is 6.41. The van der Waals surface area contributed by atoms with E-state index in [1.54, 1.807) is 0 Å². The molecule has 0 saturated heterocycles. The van der Waals surface area contributed by atoms with Gasteiger partial charge in [-0.1, -0.05) is 87.5 Å². The molecule has 2 heterocycles. The summed E-state index contributed by atoms with van der Waals surface area (Å²) in [6.45, 7) is 13.7.